The van der Waals surface area contributed by atoms with Gasteiger partial charge < -0.3 is 134 Å². The van der Waals surface area contributed by atoms with E-state index in [1.165, 1.54) is 20.8 Å². The summed E-state index contributed by atoms with van der Waals surface area (Å²) in [5.74, 6) is -4.76. The van der Waals surface area contributed by atoms with Gasteiger partial charge in [-0.3, -0.25) is 14.4 Å². The number of ether oxygens (including phenoxy) is 11. The number of aliphatic hydroxyl groups is 15. The van der Waals surface area contributed by atoms with Gasteiger partial charge in [-0.15, -0.1) is 0 Å². The van der Waals surface area contributed by atoms with Crippen molar-refractivity contribution in [3.8, 4) is 0 Å². The van der Waals surface area contributed by atoms with E-state index in [2.05, 4.69) is 20.8 Å². The van der Waals surface area contributed by atoms with Crippen LogP contribution in [-0.4, -0.2) is 286 Å². The third-order valence-electron chi connectivity index (χ3n) is 23.4. The highest BCUT2D eigenvalue weighted by Crippen LogP contribution is 2.76. The van der Waals surface area contributed by atoms with E-state index in [0.29, 0.717) is 32.1 Å². The Hall–Kier alpha value is -2.81. The monoisotopic (exact) mass is 1310 g/mol. The Labute approximate surface area is 525 Å². The predicted octanol–water partition coefficient (Wildman–Crippen LogP) is -3.94. The van der Waals surface area contributed by atoms with E-state index in [0.717, 1.165) is 12.5 Å². The molecule has 1 unspecified atom stereocenters. The maximum atomic E-state index is 15.7. The second-order valence-electron chi connectivity index (χ2n) is 29.0. The van der Waals surface area contributed by atoms with Gasteiger partial charge in [-0.25, -0.2) is 0 Å². The van der Waals surface area contributed by atoms with Gasteiger partial charge in [0.2, 0.25) is 6.29 Å². The molecule has 9 fully saturated rings. The smallest absolute Gasteiger partial charge is 0.315 e. The van der Waals surface area contributed by atoms with Crippen molar-refractivity contribution >= 4 is 17.9 Å². The van der Waals surface area contributed by atoms with Crippen molar-refractivity contribution in [1.29, 1.82) is 0 Å². The molecule has 5 saturated heterocycles. The first-order valence-electron chi connectivity index (χ1n) is 31.8. The maximum absolute atomic E-state index is 15.7. The predicted molar refractivity (Wildman–Crippen MR) is 301 cm³/mol. The molecule has 0 radical (unpaired) electrons. The van der Waals surface area contributed by atoms with E-state index in [4.69, 9.17) is 52.1 Å². The normalized spacial score (nSPS) is 53.1. The lowest BCUT2D eigenvalue weighted by molar-refractivity contribution is -0.382. The number of hydrogen-bond acceptors (Lipinski definition) is 29. The van der Waals surface area contributed by atoms with Crippen LogP contribution in [0.3, 0.4) is 0 Å². The highest BCUT2D eigenvalue weighted by atomic mass is 16.8. The van der Waals surface area contributed by atoms with Gasteiger partial charge in [0.1, 0.15) is 97.7 Å². The Bertz CT molecular complexity index is 2630. The van der Waals surface area contributed by atoms with Crippen molar-refractivity contribution in [3.05, 3.63) is 11.6 Å². The molecule has 0 aromatic heterocycles. The molecule has 34 atom stereocenters. The number of carboxylic acid groups (broad SMARTS) is 1. The molecule has 5 aliphatic heterocycles. The summed E-state index contributed by atoms with van der Waals surface area (Å²) in [4.78, 5) is 42.6. The Kier molecular flexibility index (Phi) is 20.4. The zero-order valence-electron chi connectivity index (χ0n) is 52.4. The molecule has 16 N–H and O–H groups in total. The van der Waals surface area contributed by atoms with Crippen molar-refractivity contribution in [2.45, 2.75) is 273 Å². The number of carboxylic acids is 1. The standard InChI is InChI=1S/C61H96O30/c1-23-34(68)45(84-25(3)65)47(89-50-43(77)40(74)44(24(2)83-50)87-49-41(75)35(69)29(67)21-81-49)53(82-23)91-55(80)60-14-13-56(4,5)17-27(60)26-9-10-32-57(6)18-28(66)48(59(8,54(78)79)33(57)11-12-58(32,7)61(26,22-64)16-15-60)90-52-46(39(73)37(71)31(20-63)86-52)88-51-42(76)38(72)36(70)30(19-62)85-51/h9,23-24,27-53,62-64,66-77H,10-22H2,1-8H3,(H,78,79)/t23-,24+,27+,28+,29-,30-,31-,32-,33?,34+,35+,36-,37-,38+,39+,40+,41-,42-,43-,44+,45+,46-,47-,48+,49+,50+,51+,52+,53+,57-,58-,59+,60+,61+/m1/s1. The summed E-state index contributed by atoms with van der Waals surface area (Å²) in [6.45, 7) is 11.1. The van der Waals surface area contributed by atoms with Crippen molar-refractivity contribution in [2.24, 2.45) is 50.2 Å². The van der Waals surface area contributed by atoms with Gasteiger partial charge in [-0.05, 0) is 113 Å². The van der Waals surface area contributed by atoms with Gasteiger partial charge in [0, 0.05) is 12.3 Å². The van der Waals surface area contributed by atoms with E-state index in [-0.39, 0.29) is 37.7 Å². The minimum absolute atomic E-state index is 0.0694. The molecule has 10 rings (SSSR count). The van der Waals surface area contributed by atoms with Crippen LogP contribution in [0.2, 0.25) is 0 Å². The van der Waals surface area contributed by atoms with Crippen molar-refractivity contribution in [3.63, 3.8) is 0 Å². The Balaban J connectivity index is 0.927. The Morgan fingerprint density at radius 2 is 1.12 bits per heavy atom. The quantitative estimate of drug-likeness (QED) is 0.0423. The van der Waals surface area contributed by atoms with E-state index in [9.17, 15) is 91.3 Å². The number of hydrogen-bond donors (Lipinski definition) is 16. The SMILES string of the molecule is CC(=O)O[C@H]1[C@@H](O)[C@@H](C)O[C@@H](OC(=O)[C@]23CCC(C)(C)C[C@H]2C2=CC[C@@H]4[C@@]5(C)C[C@H](O)[C@H](O[C@@H]6O[C@H](CO)[C@@H](O)[C@H](O)[C@H]6O[C@@H]6O[C@H](CO)[C@@H](O)[C@H](O)[C@H]6O)[C@@](C)(C(=O)O)C5CC[C@@]4(C)[C@]2(CO)CC3)[C@@H]1O[C@@H]1O[C@@H](C)[C@H](O[C@@H]2OC[C@@H](O)[C@H](O)[C@H]2O)[C@@H](O)[C@H]1O. The van der Waals surface area contributed by atoms with Crippen molar-refractivity contribution in [2.75, 3.05) is 26.4 Å². The number of carbonyl (C=O) groups excluding carboxylic acids is 2. The summed E-state index contributed by atoms with van der Waals surface area (Å²) in [6, 6.07) is 0. The average Bonchev–Trinajstić information content (AvgIpc) is 0.672. The minimum atomic E-state index is -1.99. The van der Waals surface area contributed by atoms with Crippen LogP contribution in [0, 0.1) is 50.2 Å². The lowest BCUT2D eigenvalue weighted by atomic mass is 9.33. The summed E-state index contributed by atoms with van der Waals surface area (Å²) in [6.07, 6.45) is -39.4. The van der Waals surface area contributed by atoms with Crippen LogP contribution < -0.4 is 0 Å². The number of aliphatic carboxylic acids is 1. The molecule has 5 heterocycles. The van der Waals surface area contributed by atoms with Crippen LogP contribution in [0.15, 0.2) is 11.6 Å². The first-order chi connectivity index (χ1) is 42.6. The summed E-state index contributed by atoms with van der Waals surface area (Å²) in [7, 11) is 0. The molecule has 30 nitrogen and oxygen atoms in total. The molecule has 0 amide bonds. The molecule has 4 saturated carbocycles. The van der Waals surface area contributed by atoms with E-state index < -0.39 is 242 Å². The molecule has 520 valence electrons. The Morgan fingerprint density at radius 3 is 1.76 bits per heavy atom. The van der Waals surface area contributed by atoms with Crippen molar-refractivity contribution in [1.82, 2.24) is 0 Å². The van der Waals surface area contributed by atoms with E-state index in [1.54, 1.807) is 0 Å². The molecule has 0 spiro atoms. The fourth-order valence-corrected chi connectivity index (χ4v) is 18.1. The molecule has 0 aromatic carbocycles. The minimum Gasteiger partial charge on any atom is -0.481 e. The first-order valence-corrected chi connectivity index (χ1v) is 31.8. The van der Waals surface area contributed by atoms with Gasteiger partial charge in [0.05, 0.1) is 55.6 Å². The highest BCUT2D eigenvalue weighted by Gasteiger charge is 2.74. The van der Waals surface area contributed by atoms with Gasteiger partial charge in [0.15, 0.2) is 37.4 Å². The third-order valence-corrected chi connectivity index (χ3v) is 23.4. The maximum Gasteiger partial charge on any atom is 0.315 e. The second-order valence-corrected chi connectivity index (χ2v) is 29.0. The summed E-state index contributed by atoms with van der Waals surface area (Å²) >= 11 is 0. The molecule has 91 heavy (non-hydrogen) atoms. The van der Waals surface area contributed by atoms with Gasteiger partial charge in [-0.2, -0.15) is 0 Å². The lowest BCUT2D eigenvalue weighted by Crippen LogP contribution is -2.71. The molecular formula is C61H96O30. The fraction of sp³-hybridized carbons (Fsp3) is 0.918. The first kappa shape index (κ1) is 71.0. The summed E-state index contributed by atoms with van der Waals surface area (Å²) < 4.78 is 65.7. The number of allylic oxidation sites excluding steroid dienone is 1. The van der Waals surface area contributed by atoms with E-state index >= 15 is 4.79 Å². The van der Waals surface area contributed by atoms with Crippen LogP contribution in [0.25, 0.3) is 0 Å². The Morgan fingerprint density at radius 1 is 0.549 bits per heavy atom. The van der Waals surface area contributed by atoms with Crippen LogP contribution >= 0.6 is 0 Å². The molecule has 0 aromatic rings. The molecule has 30 heteroatoms. The number of rotatable bonds is 15. The zero-order valence-corrected chi connectivity index (χ0v) is 52.4. The zero-order chi connectivity index (χ0) is 66.7. The lowest BCUT2D eigenvalue weighted by Gasteiger charge is -2.71. The topological polar surface area (TPSA) is 476 Å². The number of carbonyl (C=O) groups is 3. The number of esters is 2. The van der Waals surface area contributed by atoms with Gasteiger partial charge in [0.25, 0.3) is 0 Å². The van der Waals surface area contributed by atoms with Gasteiger partial charge in [-0.1, -0.05) is 39.3 Å². The number of fused-ring (bicyclic) bond motifs is 7. The van der Waals surface area contributed by atoms with Crippen LogP contribution in [0.1, 0.15) is 113 Å². The summed E-state index contributed by atoms with van der Waals surface area (Å²) in [5, 5.41) is 176. The van der Waals surface area contributed by atoms with Gasteiger partial charge >= 0.3 is 17.9 Å². The van der Waals surface area contributed by atoms with Crippen molar-refractivity contribution < 1.29 is 148 Å². The van der Waals surface area contributed by atoms with Crippen LogP contribution in [0.5, 0.6) is 0 Å². The largest absolute Gasteiger partial charge is 0.481 e. The third kappa shape index (κ3) is 11.8. The van der Waals surface area contributed by atoms with Crippen LogP contribution in [-0.2, 0) is 66.5 Å². The molecule has 10 aliphatic rings. The molecular weight excluding hydrogens is 1210 g/mol. The molecule has 5 aliphatic carbocycles. The van der Waals surface area contributed by atoms with E-state index in [1.807, 2.05) is 13.0 Å². The second kappa shape index (κ2) is 26.2. The average molecular weight is 1310 g/mol. The molecule has 0 bridgehead atoms. The summed E-state index contributed by atoms with van der Waals surface area (Å²) in [5.41, 5.74) is -5.71. The fourth-order valence-electron chi connectivity index (χ4n) is 18.1. The van der Waals surface area contributed by atoms with Crippen LogP contribution in [0.4, 0.5) is 0 Å². The highest BCUT2D eigenvalue weighted by molar-refractivity contribution is 5.79. The number of aliphatic hydroxyl groups excluding tert-OH is 15.